The Kier molecular flexibility index (Phi) is 3.49. The molecule has 8 nitrogen and oxygen atoms in total. The number of hydrogen-bond donors (Lipinski definition) is 1. The molecule has 2 aliphatic heterocycles. The van der Waals surface area contributed by atoms with E-state index < -0.39 is 0 Å². The predicted molar refractivity (Wildman–Crippen MR) is 84.8 cm³/mol. The van der Waals surface area contributed by atoms with Crippen molar-refractivity contribution in [2.45, 2.75) is 6.42 Å². The van der Waals surface area contributed by atoms with Gasteiger partial charge in [0, 0.05) is 11.8 Å². The average Bonchev–Trinajstić information content (AvgIpc) is 3.06. The molecule has 0 radical (unpaired) electrons. The molecule has 8 heteroatoms. The Morgan fingerprint density at radius 1 is 1.17 bits per heavy atom. The van der Waals surface area contributed by atoms with Crippen molar-refractivity contribution in [1.82, 2.24) is 20.6 Å². The minimum absolute atomic E-state index is 0.313. The van der Waals surface area contributed by atoms with Gasteiger partial charge in [0.15, 0.2) is 5.84 Å². The summed E-state index contributed by atoms with van der Waals surface area (Å²) in [4.78, 5) is 9.97. The second kappa shape index (κ2) is 5.93. The molecule has 2 aliphatic rings. The fourth-order valence-electron chi connectivity index (χ4n) is 2.28. The monoisotopic (exact) mass is 307 g/mol. The molecule has 0 aliphatic carbocycles. The van der Waals surface area contributed by atoms with Crippen molar-refractivity contribution in [3.8, 4) is 0 Å². The highest BCUT2D eigenvalue weighted by molar-refractivity contribution is 6.07. The maximum Gasteiger partial charge on any atom is 0.289 e. The fraction of sp³-hybridized carbons (Fsp3) is 0.133. The number of aromatic nitrogens is 4. The van der Waals surface area contributed by atoms with Crippen molar-refractivity contribution in [1.29, 1.82) is 0 Å². The first kappa shape index (κ1) is 13.5. The van der Waals surface area contributed by atoms with Crippen LogP contribution in [0.1, 0.15) is 5.56 Å². The fourth-order valence-corrected chi connectivity index (χ4v) is 2.28. The molecule has 0 bridgehead atoms. The normalized spacial score (nSPS) is 17.0. The highest BCUT2D eigenvalue weighted by atomic mass is 16.7. The third-order valence-corrected chi connectivity index (χ3v) is 3.43. The highest BCUT2D eigenvalue weighted by Gasteiger charge is 2.21. The van der Waals surface area contributed by atoms with Gasteiger partial charge in [-0.3, -0.25) is 0 Å². The molecule has 0 fully saturated rings. The first-order chi connectivity index (χ1) is 11.4. The van der Waals surface area contributed by atoms with Crippen molar-refractivity contribution in [2.75, 3.05) is 11.8 Å². The number of aliphatic imine (C=N–C) groups is 1. The van der Waals surface area contributed by atoms with Gasteiger partial charge in [-0.25, -0.2) is 14.9 Å². The average molecular weight is 307 g/mol. The van der Waals surface area contributed by atoms with E-state index in [9.17, 15) is 0 Å². The summed E-state index contributed by atoms with van der Waals surface area (Å²) < 4.78 is 0. The quantitative estimate of drug-likeness (QED) is 0.926. The first-order valence-corrected chi connectivity index (χ1v) is 7.12. The lowest BCUT2D eigenvalue weighted by Gasteiger charge is -2.20. The molecule has 2 aromatic rings. The number of allylic oxidation sites excluding steroid dienone is 3. The van der Waals surface area contributed by atoms with E-state index in [0.29, 0.717) is 18.4 Å². The van der Waals surface area contributed by atoms with Crippen molar-refractivity contribution in [3.63, 3.8) is 0 Å². The standard InChI is InChI=1S/C15H13N7O/c1-2-4-11(5-3-1)8-12-6-7-13-10-23-22(15-17-20-21-18-15)19-14(13)16-9-12/h1-7,9H,8,10H2,(H,17,18,20,21). The van der Waals surface area contributed by atoms with Gasteiger partial charge in [-0.15, -0.1) is 5.10 Å². The lowest BCUT2D eigenvalue weighted by molar-refractivity contribution is 0.122. The molecule has 0 amide bonds. The molecular formula is C15H13N7O. The van der Waals surface area contributed by atoms with Crippen LogP contribution in [0, 0.1) is 0 Å². The molecule has 23 heavy (non-hydrogen) atoms. The molecular weight excluding hydrogens is 294 g/mol. The number of amidine groups is 1. The number of anilines is 1. The van der Waals surface area contributed by atoms with Gasteiger partial charge < -0.3 is 0 Å². The molecule has 0 saturated carbocycles. The van der Waals surface area contributed by atoms with E-state index in [1.165, 1.54) is 10.7 Å². The van der Waals surface area contributed by atoms with Gasteiger partial charge >= 0.3 is 0 Å². The van der Waals surface area contributed by atoms with Crippen molar-refractivity contribution < 1.29 is 4.84 Å². The number of nitrogens with zero attached hydrogens (tertiary/aromatic N) is 6. The summed E-state index contributed by atoms with van der Waals surface area (Å²) >= 11 is 0. The van der Waals surface area contributed by atoms with Crippen LogP contribution in [0.4, 0.5) is 5.95 Å². The minimum Gasteiger partial charge on any atom is -0.244 e. The van der Waals surface area contributed by atoms with E-state index in [1.807, 2.05) is 36.6 Å². The number of fused-ring (bicyclic) bond motifs is 1. The summed E-state index contributed by atoms with van der Waals surface area (Å²) in [6.45, 7) is 0.353. The second-order valence-corrected chi connectivity index (χ2v) is 5.05. The molecule has 3 heterocycles. The van der Waals surface area contributed by atoms with Gasteiger partial charge in [-0.05, 0) is 28.0 Å². The Hall–Kier alpha value is -3.13. The molecule has 1 aromatic carbocycles. The highest BCUT2D eigenvalue weighted by Crippen LogP contribution is 2.18. The molecule has 114 valence electrons. The van der Waals surface area contributed by atoms with E-state index in [-0.39, 0.29) is 0 Å². The van der Waals surface area contributed by atoms with Gasteiger partial charge in [0.25, 0.3) is 5.95 Å². The third kappa shape index (κ3) is 2.92. The van der Waals surface area contributed by atoms with Crippen LogP contribution in [-0.2, 0) is 11.3 Å². The number of aromatic amines is 1. The molecule has 0 spiro atoms. The summed E-state index contributed by atoms with van der Waals surface area (Å²) in [5.74, 6) is 0.903. The number of hydrogen-bond acceptors (Lipinski definition) is 7. The molecule has 0 saturated heterocycles. The summed E-state index contributed by atoms with van der Waals surface area (Å²) in [6, 6.07) is 10.3. The number of benzene rings is 1. The van der Waals surface area contributed by atoms with Crippen LogP contribution < -0.4 is 5.17 Å². The lowest BCUT2D eigenvalue weighted by Crippen LogP contribution is -2.28. The van der Waals surface area contributed by atoms with Crippen LogP contribution >= 0.6 is 0 Å². The zero-order valence-electron chi connectivity index (χ0n) is 12.1. The third-order valence-electron chi connectivity index (χ3n) is 3.43. The number of hydrazone groups is 1. The van der Waals surface area contributed by atoms with E-state index in [2.05, 4.69) is 42.9 Å². The number of H-pyrrole nitrogens is 1. The van der Waals surface area contributed by atoms with Crippen LogP contribution in [0.2, 0.25) is 0 Å². The molecule has 0 atom stereocenters. The second-order valence-electron chi connectivity index (χ2n) is 5.05. The largest absolute Gasteiger partial charge is 0.289 e. The van der Waals surface area contributed by atoms with Crippen LogP contribution in [-0.4, -0.2) is 39.3 Å². The van der Waals surface area contributed by atoms with Crippen LogP contribution in [0.5, 0.6) is 0 Å². The smallest absolute Gasteiger partial charge is 0.244 e. The summed E-state index contributed by atoms with van der Waals surface area (Å²) in [5, 5.41) is 18.9. The summed E-state index contributed by atoms with van der Waals surface area (Å²) in [7, 11) is 0. The van der Waals surface area contributed by atoms with Crippen LogP contribution in [0.15, 0.2) is 63.7 Å². The van der Waals surface area contributed by atoms with Crippen LogP contribution in [0.25, 0.3) is 0 Å². The molecule has 1 N–H and O–H groups in total. The van der Waals surface area contributed by atoms with Gasteiger partial charge in [0.05, 0.1) is 0 Å². The maximum atomic E-state index is 5.50. The van der Waals surface area contributed by atoms with E-state index in [1.54, 1.807) is 0 Å². The zero-order chi connectivity index (χ0) is 15.5. The van der Waals surface area contributed by atoms with Gasteiger partial charge in [0.2, 0.25) is 0 Å². The Balaban J connectivity index is 1.57. The maximum absolute atomic E-state index is 5.50. The SMILES string of the molecule is C1=NC2=NN(c3nnn[nH]3)OCC2=CC=C1Cc1ccccc1. The first-order valence-electron chi connectivity index (χ1n) is 7.12. The Morgan fingerprint density at radius 3 is 2.91 bits per heavy atom. The Morgan fingerprint density at radius 2 is 2.09 bits per heavy atom. The molecule has 4 rings (SSSR count). The van der Waals surface area contributed by atoms with Gasteiger partial charge in [-0.1, -0.05) is 52.8 Å². The zero-order valence-corrected chi connectivity index (χ0v) is 12.1. The Bertz CT molecular complexity index is 806. The molecule has 0 unspecified atom stereocenters. The lowest BCUT2D eigenvalue weighted by atomic mass is 10.1. The summed E-state index contributed by atoms with van der Waals surface area (Å²) in [5.41, 5.74) is 3.25. The predicted octanol–water partition coefficient (Wildman–Crippen LogP) is 1.44. The van der Waals surface area contributed by atoms with E-state index in [0.717, 1.165) is 17.6 Å². The minimum atomic E-state index is 0.313. The van der Waals surface area contributed by atoms with Gasteiger partial charge in [0.1, 0.15) is 6.61 Å². The Labute approximate surface area is 131 Å². The molecule has 1 aromatic heterocycles. The summed E-state index contributed by atoms with van der Waals surface area (Å²) in [6.07, 6.45) is 6.68. The van der Waals surface area contributed by atoms with Crippen molar-refractivity contribution in [3.05, 3.63) is 59.2 Å². The van der Waals surface area contributed by atoms with Crippen LogP contribution in [0.3, 0.4) is 0 Å². The van der Waals surface area contributed by atoms with Gasteiger partial charge in [-0.2, -0.15) is 0 Å². The number of tetrazole rings is 1. The van der Waals surface area contributed by atoms with E-state index in [4.69, 9.17) is 4.84 Å². The number of nitrogens with one attached hydrogen (secondary N) is 1. The number of rotatable bonds is 3. The van der Waals surface area contributed by atoms with E-state index >= 15 is 0 Å². The van der Waals surface area contributed by atoms with Crippen molar-refractivity contribution in [2.24, 2.45) is 10.1 Å². The van der Waals surface area contributed by atoms with Crippen molar-refractivity contribution >= 4 is 18.0 Å². The topological polar surface area (TPSA) is 91.6 Å².